The van der Waals surface area contributed by atoms with E-state index in [1.165, 1.54) is 0 Å². The van der Waals surface area contributed by atoms with E-state index in [0.717, 1.165) is 10.8 Å². The van der Waals surface area contributed by atoms with Crippen molar-refractivity contribution in [2.45, 2.75) is 23.9 Å². The molecular formula is C14H18F4N2O2S. The molecule has 0 unspecified atom stereocenters. The number of piperidine rings is 1. The highest BCUT2D eigenvalue weighted by molar-refractivity contribution is 7.89. The molecular weight excluding hydrogens is 336 g/mol. The summed E-state index contributed by atoms with van der Waals surface area (Å²) >= 11 is 0. The minimum atomic E-state index is -4.72. The van der Waals surface area contributed by atoms with Gasteiger partial charge >= 0.3 is 6.18 Å². The van der Waals surface area contributed by atoms with E-state index in [1.807, 2.05) is 0 Å². The molecule has 0 atom stereocenters. The number of halogens is 4. The molecule has 130 valence electrons. The zero-order valence-electron chi connectivity index (χ0n) is 12.5. The predicted octanol–water partition coefficient (Wildman–Crippen LogP) is 2.46. The van der Waals surface area contributed by atoms with Crippen LogP contribution in [0.4, 0.5) is 17.6 Å². The first-order valence-corrected chi connectivity index (χ1v) is 8.61. The van der Waals surface area contributed by atoms with Gasteiger partial charge < -0.3 is 5.32 Å². The molecule has 0 radical (unpaired) electrons. The van der Waals surface area contributed by atoms with Crippen molar-refractivity contribution in [3.63, 3.8) is 0 Å². The minimum Gasteiger partial charge on any atom is -0.319 e. The number of rotatable bonds is 4. The van der Waals surface area contributed by atoms with Gasteiger partial charge in [-0.1, -0.05) is 0 Å². The van der Waals surface area contributed by atoms with Crippen molar-refractivity contribution in [2.24, 2.45) is 5.92 Å². The normalized spacial score (nSPS) is 18.3. The first-order chi connectivity index (χ1) is 10.7. The molecule has 0 amide bonds. The number of sulfonamides is 1. The Morgan fingerprint density at radius 3 is 2.39 bits per heavy atom. The van der Waals surface area contributed by atoms with Crippen LogP contribution < -0.4 is 5.32 Å². The van der Waals surface area contributed by atoms with E-state index >= 15 is 0 Å². The Kier molecular flexibility index (Phi) is 5.32. The van der Waals surface area contributed by atoms with E-state index in [4.69, 9.17) is 0 Å². The summed E-state index contributed by atoms with van der Waals surface area (Å²) in [6.07, 6.45) is -3.56. The maximum absolute atomic E-state index is 13.8. The Bertz CT molecular complexity index is 653. The van der Waals surface area contributed by atoms with Crippen LogP contribution in [0.1, 0.15) is 18.4 Å². The maximum atomic E-state index is 13.8. The maximum Gasteiger partial charge on any atom is 0.416 e. The monoisotopic (exact) mass is 354 g/mol. The molecule has 23 heavy (non-hydrogen) atoms. The summed E-state index contributed by atoms with van der Waals surface area (Å²) in [5.74, 6) is -0.867. The van der Waals surface area contributed by atoms with Crippen LogP contribution in [0.2, 0.25) is 0 Å². The van der Waals surface area contributed by atoms with E-state index in [0.29, 0.717) is 37.0 Å². The second kappa shape index (κ2) is 6.74. The number of hydrogen-bond donors (Lipinski definition) is 1. The summed E-state index contributed by atoms with van der Waals surface area (Å²) in [6.45, 7) is 1.08. The number of hydrogen-bond acceptors (Lipinski definition) is 3. The van der Waals surface area contributed by atoms with Crippen molar-refractivity contribution in [2.75, 3.05) is 26.7 Å². The molecule has 9 heteroatoms. The standard InChI is InChI=1S/C14H18F4N2O2S/c1-19-9-10-4-6-20(7-5-10)23(21,22)13-8-11(14(16,17)18)2-3-12(13)15/h2-3,8,10,19H,4-7,9H2,1H3. The van der Waals surface area contributed by atoms with E-state index in [9.17, 15) is 26.0 Å². The van der Waals surface area contributed by atoms with Gasteiger partial charge in [-0.3, -0.25) is 0 Å². The average molecular weight is 354 g/mol. The van der Waals surface area contributed by atoms with Crippen LogP contribution in [0.15, 0.2) is 23.1 Å². The summed E-state index contributed by atoms with van der Waals surface area (Å²) in [5.41, 5.74) is -1.18. The van der Waals surface area contributed by atoms with Crippen LogP contribution in [-0.4, -0.2) is 39.4 Å². The topological polar surface area (TPSA) is 49.4 Å². The molecule has 1 aliphatic heterocycles. The second-order valence-electron chi connectivity index (χ2n) is 5.55. The lowest BCUT2D eigenvalue weighted by Gasteiger charge is -2.31. The van der Waals surface area contributed by atoms with Gasteiger partial charge in [0.2, 0.25) is 10.0 Å². The van der Waals surface area contributed by atoms with Crippen molar-refractivity contribution in [3.05, 3.63) is 29.6 Å². The molecule has 1 saturated heterocycles. The zero-order chi connectivity index (χ0) is 17.3. The van der Waals surface area contributed by atoms with Gasteiger partial charge in [0.15, 0.2) is 0 Å². The van der Waals surface area contributed by atoms with Crippen molar-refractivity contribution in [1.29, 1.82) is 0 Å². The number of nitrogens with one attached hydrogen (secondary N) is 1. The third-order valence-electron chi connectivity index (χ3n) is 3.94. The predicted molar refractivity (Wildman–Crippen MR) is 76.8 cm³/mol. The van der Waals surface area contributed by atoms with Gasteiger partial charge in [0.1, 0.15) is 10.7 Å². The van der Waals surface area contributed by atoms with Crippen molar-refractivity contribution >= 4 is 10.0 Å². The zero-order valence-corrected chi connectivity index (χ0v) is 13.3. The highest BCUT2D eigenvalue weighted by Gasteiger charge is 2.35. The quantitative estimate of drug-likeness (QED) is 0.845. The van der Waals surface area contributed by atoms with Crippen molar-refractivity contribution in [1.82, 2.24) is 9.62 Å². The van der Waals surface area contributed by atoms with Gasteiger partial charge in [-0.15, -0.1) is 0 Å². The summed E-state index contributed by atoms with van der Waals surface area (Å²) in [7, 11) is -2.48. The number of benzene rings is 1. The molecule has 2 rings (SSSR count). The number of nitrogens with zero attached hydrogens (tertiary/aromatic N) is 1. The van der Waals surface area contributed by atoms with E-state index in [1.54, 1.807) is 7.05 Å². The fourth-order valence-electron chi connectivity index (χ4n) is 2.66. The van der Waals surface area contributed by atoms with Gasteiger partial charge in [-0.25, -0.2) is 12.8 Å². The molecule has 0 saturated carbocycles. The molecule has 1 aromatic carbocycles. The van der Waals surface area contributed by atoms with Crippen LogP contribution in [0.5, 0.6) is 0 Å². The Morgan fingerprint density at radius 1 is 1.26 bits per heavy atom. The third kappa shape index (κ3) is 4.02. The molecule has 4 nitrogen and oxygen atoms in total. The van der Waals surface area contributed by atoms with Crippen LogP contribution in [0, 0.1) is 11.7 Å². The summed E-state index contributed by atoms with van der Waals surface area (Å²) in [6, 6.07) is 1.45. The Labute approximate surface area is 132 Å². The fourth-order valence-corrected chi connectivity index (χ4v) is 4.22. The Morgan fingerprint density at radius 2 is 1.87 bits per heavy atom. The average Bonchev–Trinajstić information content (AvgIpc) is 2.47. The van der Waals surface area contributed by atoms with Crippen molar-refractivity contribution < 1.29 is 26.0 Å². The first kappa shape index (κ1) is 18.2. The molecule has 1 fully saturated rings. The highest BCUT2D eigenvalue weighted by Crippen LogP contribution is 2.33. The molecule has 1 aliphatic rings. The molecule has 0 bridgehead atoms. The molecule has 1 N–H and O–H groups in total. The largest absolute Gasteiger partial charge is 0.416 e. The molecule has 1 aromatic rings. The summed E-state index contributed by atoms with van der Waals surface area (Å²) in [5, 5.41) is 3.00. The molecule has 1 heterocycles. The van der Waals surface area contributed by atoms with Crippen LogP contribution in [0.25, 0.3) is 0 Å². The lowest BCUT2D eigenvalue weighted by atomic mass is 9.98. The summed E-state index contributed by atoms with van der Waals surface area (Å²) in [4.78, 5) is -0.917. The molecule has 0 spiro atoms. The first-order valence-electron chi connectivity index (χ1n) is 7.17. The van der Waals surface area contributed by atoms with E-state index in [2.05, 4.69) is 5.32 Å². The van der Waals surface area contributed by atoms with Crippen LogP contribution in [0.3, 0.4) is 0 Å². The minimum absolute atomic E-state index is 0.171. The SMILES string of the molecule is CNCC1CCN(S(=O)(=O)c2cc(C(F)(F)F)ccc2F)CC1. The van der Waals surface area contributed by atoms with Crippen molar-refractivity contribution in [3.8, 4) is 0 Å². The van der Waals surface area contributed by atoms with E-state index < -0.39 is 32.5 Å². The van der Waals surface area contributed by atoms with Gasteiger partial charge in [0, 0.05) is 13.1 Å². The fraction of sp³-hybridized carbons (Fsp3) is 0.571. The smallest absolute Gasteiger partial charge is 0.319 e. The second-order valence-corrected chi connectivity index (χ2v) is 7.45. The lowest BCUT2D eigenvalue weighted by Crippen LogP contribution is -2.40. The Hall–Kier alpha value is -1.19. The van der Waals surface area contributed by atoms with Gasteiger partial charge in [0.25, 0.3) is 0 Å². The highest BCUT2D eigenvalue weighted by atomic mass is 32.2. The molecule has 0 aliphatic carbocycles. The molecule has 0 aromatic heterocycles. The van der Waals surface area contributed by atoms with Crippen LogP contribution in [-0.2, 0) is 16.2 Å². The summed E-state index contributed by atoms with van der Waals surface area (Å²) < 4.78 is 78.0. The van der Waals surface area contributed by atoms with Gasteiger partial charge in [-0.2, -0.15) is 17.5 Å². The van der Waals surface area contributed by atoms with Crippen LogP contribution >= 0.6 is 0 Å². The lowest BCUT2D eigenvalue weighted by molar-refractivity contribution is -0.137. The third-order valence-corrected chi connectivity index (χ3v) is 5.86. The Balaban J connectivity index is 2.27. The van der Waals surface area contributed by atoms with Gasteiger partial charge in [0.05, 0.1) is 5.56 Å². The number of alkyl halides is 3. The van der Waals surface area contributed by atoms with Gasteiger partial charge in [-0.05, 0) is 50.6 Å². The van der Waals surface area contributed by atoms with E-state index in [-0.39, 0.29) is 13.1 Å².